The SMILES string of the molecule is CCCCC1(CCCC)c2ccccc2-c2ccc(N(c3ccc(-c4ccc(-c5ccc(C=C(C#N)C(=O)O)o5)s4)cc3)c3ccc4c(c3)C(CCCC)(CCCC)c3ccccc3-4)cc21. The van der Waals surface area contributed by atoms with Crippen LogP contribution in [0.2, 0.25) is 0 Å². The summed E-state index contributed by atoms with van der Waals surface area (Å²) in [5.74, 6) is -0.322. The summed E-state index contributed by atoms with van der Waals surface area (Å²) in [5, 5.41) is 18.6. The molecule has 334 valence electrons. The van der Waals surface area contributed by atoms with Gasteiger partial charge in [0.05, 0.1) is 4.88 Å². The fourth-order valence-corrected chi connectivity index (χ4v) is 12.1. The highest BCUT2D eigenvalue weighted by molar-refractivity contribution is 7.18. The van der Waals surface area contributed by atoms with E-state index >= 15 is 0 Å². The number of benzene rings is 5. The minimum absolute atomic E-state index is 0.0330. The van der Waals surface area contributed by atoms with Crippen LogP contribution in [0.1, 0.15) is 133 Å². The van der Waals surface area contributed by atoms with Crippen molar-refractivity contribution in [1.29, 1.82) is 5.26 Å². The number of hydrogen-bond acceptors (Lipinski definition) is 5. The molecule has 0 atom stereocenters. The fraction of sp³-hybridized carbons (Fsp3) is 0.300. The number of hydrogen-bond donors (Lipinski definition) is 1. The normalized spacial score (nSPS) is 14.0. The molecule has 0 saturated carbocycles. The van der Waals surface area contributed by atoms with Crippen LogP contribution in [0.5, 0.6) is 0 Å². The summed E-state index contributed by atoms with van der Waals surface area (Å²) in [6.45, 7) is 9.29. The summed E-state index contributed by atoms with van der Waals surface area (Å²) in [7, 11) is 0. The van der Waals surface area contributed by atoms with E-state index in [1.165, 1.54) is 113 Å². The minimum Gasteiger partial charge on any atom is -0.477 e. The maximum Gasteiger partial charge on any atom is 0.346 e. The van der Waals surface area contributed by atoms with E-state index in [2.05, 4.69) is 148 Å². The maximum absolute atomic E-state index is 11.4. The molecule has 0 radical (unpaired) electrons. The Hall–Kier alpha value is -6.42. The number of anilines is 3. The summed E-state index contributed by atoms with van der Waals surface area (Å²) in [6.07, 6.45) is 15.2. The number of carbonyl (C=O) groups is 1. The minimum atomic E-state index is -1.28. The number of rotatable bonds is 19. The van der Waals surface area contributed by atoms with E-state index < -0.39 is 5.97 Å². The molecule has 9 rings (SSSR count). The molecule has 7 aromatic rings. The maximum atomic E-state index is 11.4. The third-order valence-corrected chi connectivity index (χ3v) is 15.5. The van der Waals surface area contributed by atoms with E-state index in [1.807, 2.05) is 12.1 Å². The number of aliphatic carboxylic acids is 1. The van der Waals surface area contributed by atoms with Gasteiger partial charge in [0.2, 0.25) is 0 Å². The molecule has 0 unspecified atom stereocenters. The van der Waals surface area contributed by atoms with Gasteiger partial charge in [0.1, 0.15) is 23.2 Å². The largest absolute Gasteiger partial charge is 0.477 e. The first kappa shape index (κ1) is 44.8. The first-order valence-corrected chi connectivity index (χ1v) is 25.0. The monoisotopic (exact) mass is 888 g/mol. The molecule has 0 aliphatic heterocycles. The van der Waals surface area contributed by atoms with Gasteiger partial charge >= 0.3 is 5.97 Å². The van der Waals surface area contributed by atoms with Crippen molar-refractivity contribution in [3.8, 4) is 49.4 Å². The number of carboxylic acids is 1. The number of fused-ring (bicyclic) bond motifs is 6. The van der Waals surface area contributed by atoms with Crippen molar-refractivity contribution >= 4 is 40.4 Å². The van der Waals surface area contributed by atoms with Crippen LogP contribution in [-0.4, -0.2) is 11.1 Å². The zero-order valence-corrected chi connectivity index (χ0v) is 39.6. The summed E-state index contributed by atoms with van der Waals surface area (Å²) in [5.41, 5.74) is 15.6. The molecule has 66 heavy (non-hydrogen) atoms. The van der Waals surface area contributed by atoms with Crippen LogP contribution in [-0.2, 0) is 15.6 Å². The lowest BCUT2D eigenvalue weighted by Crippen LogP contribution is -2.26. The molecule has 0 fully saturated rings. The molecule has 2 heterocycles. The van der Waals surface area contributed by atoms with Gasteiger partial charge in [-0.25, -0.2) is 4.79 Å². The van der Waals surface area contributed by atoms with E-state index in [-0.39, 0.29) is 16.4 Å². The zero-order valence-electron chi connectivity index (χ0n) is 38.8. The van der Waals surface area contributed by atoms with Gasteiger partial charge in [0.15, 0.2) is 0 Å². The van der Waals surface area contributed by atoms with Gasteiger partial charge < -0.3 is 14.4 Å². The van der Waals surface area contributed by atoms with Crippen LogP contribution >= 0.6 is 11.3 Å². The molecule has 6 heteroatoms. The molecule has 2 aromatic heterocycles. The van der Waals surface area contributed by atoms with Crippen molar-refractivity contribution in [1.82, 2.24) is 0 Å². The van der Waals surface area contributed by atoms with E-state index in [0.717, 1.165) is 46.7 Å². The second-order valence-electron chi connectivity index (χ2n) is 18.4. The van der Waals surface area contributed by atoms with Gasteiger partial charge in [-0.1, -0.05) is 152 Å². The molecule has 0 saturated heterocycles. The van der Waals surface area contributed by atoms with Gasteiger partial charge in [-0.05, 0) is 136 Å². The van der Waals surface area contributed by atoms with Crippen molar-refractivity contribution in [2.45, 2.75) is 116 Å². The number of thiophene rings is 1. The van der Waals surface area contributed by atoms with Crippen LogP contribution in [0.15, 0.2) is 143 Å². The van der Waals surface area contributed by atoms with E-state index in [9.17, 15) is 15.2 Å². The molecule has 1 N–H and O–H groups in total. The highest BCUT2D eigenvalue weighted by Gasteiger charge is 2.44. The lowest BCUT2D eigenvalue weighted by Gasteiger charge is -2.35. The Balaban J connectivity index is 1.17. The summed E-state index contributed by atoms with van der Waals surface area (Å²) in [4.78, 5) is 16.0. The average molecular weight is 889 g/mol. The average Bonchev–Trinajstić information content (AvgIpc) is 4.14. The molecule has 5 nitrogen and oxygen atoms in total. The van der Waals surface area contributed by atoms with Crippen molar-refractivity contribution in [2.75, 3.05) is 4.90 Å². The number of nitriles is 1. The fourth-order valence-electron chi connectivity index (χ4n) is 11.1. The third-order valence-electron chi connectivity index (χ3n) is 14.4. The highest BCUT2D eigenvalue weighted by Crippen LogP contribution is 2.58. The first-order valence-electron chi connectivity index (χ1n) is 24.2. The van der Waals surface area contributed by atoms with Gasteiger partial charge in [0, 0.05) is 38.8 Å². The molecule has 0 amide bonds. The molecular formula is C60H60N2O3S. The van der Waals surface area contributed by atoms with Crippen molar-refractivity contribution < 1.29 is 14.3 Å². The summed E-state index contributed by atoms with van der Waals surface area (Å²) < 4.78 is 5.98. The van der Waals surface area contributed by atoms with E-state index in [0.29, 0.717) is 11.5 Å². The molecule has 5 aromatic carbocycles. The topological polar surface area (TPSA) is 77.5 Å². The van der Waals surface area contributed by atoms with Crippen molar-refractivity contribution in [3.63, 3.8) is 0 Å². The predicted molar refractivity (Wildman–Crippen MR) is 274 cm³/mol. The van der Waals surface area contributed by atoms with Crippen molar-refractivity contribution in [2.24, 2.45) is 0 Å². The second-order valence-corrected chi connectivity index (χ2v) is 19.4. The Morgan fingerprint density at radius 2 is 1.06 bits per heavy atom. The smallest absolute Gasteiger partial charge is 0.346 e. The number of nitrogens with zero attached hydrogens (tertiary/aromatic N) is 2. The molecule has 2 aliphatic carbocycles. The number of unbranched alkanes of at least 4 members (excludes halogenated alkanes) is 4. The first-order chi connectivity index (χ1) is 32.3. The lowest BCUT2D eigenvalue weighted by atomic mass is 9.70. The van der Waals surface area contributed by atoms with Crippen LogP contribution in [0, 0.1) is 11.3 Å². The lowest BCUT2D eigenvalue weighted by molar-refractivity contribution is -0.132. The van der Waals surface area contributed by atoms with Crippen LogP contribution in [0.25, 0.3) is 49.4 Å². The molecule has 0 spiro atoms. The summed E-state index contributed by atoms with van der Waals surface area (Å²) in [6, 6.07) is 51.4. The Morgan fingerprint density at radius 1 is 0.591 bits per heavy atom. The van der Waals surface area contributed by atoms with Gasteiger partial charge in [-0.15, -0.1) is 11.3 Å². The Labute approximate surface area is 395 Å². The Morgan fingerprint density at radius 3 is 1.55 bits per heavy atom. The van der Waals surface area contributed by atoms with Crippen LogP contribution < -0.4 is 4.90 Å². The van der Waals surface area contributed by atoms with Crippen LogP contribution in [0.3, 0.4) is 0 Å². The quantitative estimate of drug-likeness (QED) is 0.0646. The predicted octanol–water partition coefficient (Wildman–Crippen LogP) is 17.4. The third kappa shape index (κ3) is 8.02. The standard InChI is InChI=1S/C60H60N2O3S/c1-5-9-33-59(34-10-6-2)51-19-15-13-17-47(51)49-28-25-44(38-53(49)59)62(45-26-29-50-48-18-14-16-20-52(48)60(35-11-7-3,36-12-8-4)54(50)39-45)43-23-21-41(22-24-43)56-31-32-57(66-56)55-30-27-46(65-55)37-42(40-61)58(63)64/h13-32,37-39H,5-12,33-36H2,1-4H3,(H,63,64). The molecule has 0 bridgehead atoms. The zero-order chi connectivity index (χ0) is 45.8. The van der Waals surface area contributed by atoms with Gasteiger partial charge in [0.25, 0.3) is 0 Å². The van der Waals surface area contributed by atoms with E-state index in [4.69, 9.17) is 4.42 Å². The molecule has 2 aliphatic rings. The number of carboxylic acid groups (broad SMARTS) is 1. The highest BCUT2D eigenvalue weighted by atomic mass is 32.1. The molecular weight excluding hydrogens is 829 g/mol. The summed E-state index contributed by atoms with van der Waals surface area (Å²) >= 11 is 1.62. The van der Waals surface area contributed by atoms with Gasteiger partial charge in [-0.2, -0.15) is 5.26 Å². The van der Waals surface area contributed by atoms with Crippen molar-refractivity contribution in [3.05, 3.63) is 167 Å². The second kappa shape index (κ2) is 19.2. The Kier molecular flexibility index (Phi) is 13.0. The van der Waals surface area contributed by atoms with Gasteiger partial charge in [-0.3, -0.25) is 0 Å². The van der Waals surface area contributed by atoms with Crippen LogP contribution in [0.4, 0.5) is 17.1 Å². The number of furan rings is 1. The Bertz CT molecular complexity index is 2810. The van der Waals surface area contributed by atoms with E-state index in [1.54, 1.807) is 23.5 Å².